The van der Waals surface area contributed by atoms with Gasteiger partial charge < -0.3 is 10.1 Å². The summed E-state index contributed by atoms with van der Waals surface area (Å²) >= 11 is 1.69. The van der Waals surface area contributed by atoms with Crippen molar-refractivity contribution in [2.45, 2.75) is 25.3 Å². The average molecular weight is 361 g/mol. The predicted molar refractivity (Wildman–Crippen MR) is 91.0 cm³/mol. The van der Waals surface area contributed by atoms with E-state index in [9.17, 15) is 13.2 Å². The van der Waals surface area contributed by atoms with E-state index < -0.39 is 10.0 Å². The molecule has 0 unspecified atom stereocenters. The van der Waals surface area contributed by atoms with Gasteiger partial charge in [-0.15, -0.1) is 11.3 Å². The number of hydrogen-bond acceptors (Lipinski definition) is 5. The molecule has 0 aromatic carbocycles. The summed E-state index contributed by atoms with van der Waals surface area (Å²) in [6.45, 7) is 0.748. The highest BCUT2D eigenvalue weighted by molar-refractivity contribution is 7.89. The van der Waals surface area contributed by atoms with Crippen molar-refractivity contribution in [1.82, 2.24) is 9.62 Å². The van der Waals surface area contributed by atoms with Gasteiger partial charge in [-0.1, -0.05) is 6.07 Å². The Hall–Kier alpha value is -0.960. The highest BCUT2D eigenvalue weighted by Crippen LogP contribution is 2.18. The number of nitrogens with one attached hydrogen (secondary N) is 1. The quantitative estimate of drug-likeness (QED) is 0.753. The van der Waals surface area contributed by atoms with Crippen LogP contribution >= 0.6 is 11.3 Å². The fourth-order valence-corrected chi connectivity index (χ4v) is 4.42. The number of carbonyl (C=O) groups excluding carboxylic acids is 1. The zero-order valence-electron chi connectivity index (χ0n) is 13.5. The summed E-state index contributed by atoms with van der Waals surface area (Å²) in [5, 5.41) is 4.96. The van der Waals surface area contributed by atoms with Gasteiger partial charge in [-0.25, -0.2) is 12.7 Å². The Morgan fingerprint density at radius 3 is 2.87 bits per heavy atom. The van der Waals surface area contributed by atoms with Crippen LogP contribution < -0.4 is 5.32 Å². The van der Waals surface area contributed by atoms with Gasteiger partial charge >= 0.3 is 0 Å². The molecule has 0 aliphatic carbocycles. The third-order valence-corrected chi connectivity index (χ3v) is 6.83. The van der Waals surface area contributed by atoms with Crippen molar-refractivity contribution < 1.29 is 17.9 Å². The van der Waals surface area contributed by atoms with E-state index in [1.54, 1.807) is 11.3 Å². The molecule has 1 aromatic heterocycles. The summed E-state index contributed by atoms with van der Waals surface area (Å²) in [6.07, 6.45) is 2.13. The molecule has 1 fully saturated rings. The van der Waals surface area contributed by atoms with E-state index in [2.05, 4.69) is 11.4 Å². The summed E-state index contributed by atoms with van der Waals surface area (Å²) < 4.78 is 30.5. The summed E-state index contributed by atoms with van der Waals surface area (Å²) in [5.74, 6) is -0.229. The molecule has 8 heteroatoms. The molecule has 0 bridgehead atoms. The highest BCUT2D eigenvalue weighted by Gasteiger charge is 2.33. The fraction of sp³-hybridized carbons (Fsp3) is 0.667. The van der Waals surface area contributed by atoms with E-state index in [-0.39, 0.29) is 23.6 Å². The normalized spacial score (nSPS) is 21.7. The molecule has 1 saturated heterocycles. The summed E-state index contributed by atoms with van der Waals surface area (Å²) in [6, 6.07) is 3.85. The smallest absolute Gasteiger partial charge is 0.220 e. The van der Waals surface area contributed by atoms with Crippen LogP contribution in [0.4, 0.5) is 0 Å². The van der Waals surface area contributed by atoms with Crippen molar-refractivity contribution >= 4 is 27.3 Å². The molecule has 2 heterocycles. The van der Waals surface area contributed by atoms with Gasteiger partial charge in [0.2, 0.25) is 15.9 Å². The van der Waals surface area contributed by atoms with Gasteiger partial charge in [0.05, 0.1) is 25.0 Å². The van der Waals surface area contributed by atoms with Gasteiger partial charge in [0, 0.05) is 31.3 Å². The van der Waals surface area contributed by atoms with Gasteiger partial charge in [0.1, 0.15) is 0 Å². The van der Waals surface area contributed by atoms with Crippen molar-refractivity contribution in [2.75, 3.05) is 33.1 Å². The molecule has 2 atom stereocenters. The third-order valence-electron chi connectivity index (χ3n) is 3.93. The molecule has 6 nitrogen and oxygen atoms in total. The van der Waals surface area contributed by atoms with Gasteiger partial charge in [-0.3, -0.25) is 4.79 Å². The van der Waals surface area contributed by atoms with Crippen molar-refractivity contribution in [1.29, 1.82) is 0 Å². The van der Waals surface area contributed by atoms with E-state index in [0.717, 1.165) is 12.8 Å². The number of sulfonamides is 1. The van der Waals surface area contributed by atoms with Crippen LogP contribution in [0.5, 0.6) is 0 Å². The van der Waals surface area contributed by atoms with E-state index in [4.69, 9.17) is 4.74 Å². The first-order valence-electron chi connectivity index (χ1n) is 7.68. The van der Waals surface area contributed by atoms with E-state index in [1.165, 1.54) is 23.3 Å². The zero-order chi connectivity index (χ0) is 16.9. The second-order valence-corrected chi connectivity index (χ2v) is 9.23. The molecule has 1 N–H and O–H groups in total. The standard InChI is InChI=1S/C15H24N2O4S2/c1-17(2)23(19,20)11-12-9-21-10-14(12)16-15(18)7-3-5-13-6-4-8-22-13/h4,6,8,12,14H,3,5,7,9-11H2,1-2H3,(H,16,18)/t12-,14-/m0/s1. The van der Waals surface area contributed by atoms with Crippen LogP contribution in [-0.2, 0) is 26.0 Å². The maximum absolute atomic E-state index is 12.0. The number of amides is 1. The van der Waals surface area contributed by atoms with Gasteiger partial charge in [0.15, 0.2) is 0 Å². The number of thiophene rings is 1. The number of ether oxygens (including phenoxy) is 1. The topological polar surface area (TPSA) is 75.7 Å². The Morgan fingerprint density at radius 1 is 1.43 bits per heavy atom. The molecular formula is C15H24N2O4S2. The molecule has 1 aromatic rings. The number of carbonyl (C=O) groups is 1. The Bertz CT molecular complexity index is 599. The van der Waals surface area contributed by atoms with Crippen molar-refractivity contribution in [3.8, 4) is 0 Å². The first kappa shape index (κ1) is 18.4. The number of rotatable bonds is 8. The zero-order valence-corrected chi connectivity index (χ0v) is 15.2. The third kappa shape index (κ3) is 5.56. The molecule has 0 spiro atoms. The largest absolute Gasteiger partial charge is 0.379 e. The molecule has 0 radical (unpaired) electrons. The van der Waals surface area contributed by atoms with Crippen LogP contribution in [0, 0.1) is 5.92 Å². The Morgan fingerprint density at radius 2 is 2.22 bits per heavy atom. The molecule has 1 amide bonds. The Balaban J connectivity index is 1.77. The minimum absolute atomic E-state index is 0.000141. The molecular weight excluding hydrogens is 336 g/mol. The molecule has 1 aliphatic rings. The van der Waals surface area contributed by atoms with Gasteiger partial charge in [-0.05, 0) is 24.3 Å². The number of aryl methyl sites for hydroxylation is 1. The Kier molecular flexibility index (Phi) is 6.58. The Labute approximate surface area is 141 Å². The van der Waals surface area contributed by atoms with Crippen LogP contribution in [0.3, 0.4) is 0 Å². The second kappa shape index (κ2) is 8.23. The molecule has 23 heavy (non-hydrogen) atoms. The molecule has 1 aliphatic heterocycles. The summed E-state index contributed by atoms with van der Waals surface area (Å²) in [7, 11) is -0.259. The minimum atomic E-state index is -3.29. The van der Waals surface area contributed by atoms with Crippen molar-refractivity contribution in [2.24, 2.45) is 5.92 Å². The lowest BCUT2D eigenvalue weighted by atomic mass is 10.1. The monoisotopic (exact) mass is 360 g/mol. The van der Waals surface area contributed by atoms with E-state index in [0.29, 0.717) is 19.6 Å². The van der Waals surface area contributed by atoms with Crippen LogP contribution in [-0.4, -0.2) is 57.7 Å². The van der Waals surface area contributed by atoms with Crippen LogP contribution in [0.25, 0.3) is 0 Å². The SMILES string of the molecule is CN(C)S(=O)(=O)C[C@@H]1COC[C@@H]1NC(=O)CCCc1cccs1. The molecule has 130 valence electrons. The lowest BCUT2D eigenvalue weighted by Gasteiger charge is -2.21. The first-order valence-corrected chi connectivity index (χ1v) is 10.2. The summed E-state index contributed by atoms with van der Waals surface area (Å²) in [5.41, 5.74) is 0. The van der Waals surface area contributed by atoms with E-state index in [1.807, 2.05) is 11.4 Å². The van der Waals surface area contributed by atoms with E-state index >= 15 is 0 Å². The van der Waals surface area contributed by atoms with Crippen LogP contribution in [0.15, 0.2) is 17.5 Å². The predicted octanol–water partition coefficient (Wildman–Crippen LogP) is 1.09. The van der Waals surface area contributed by atoms with Gasteiger partial charge in [-0.2, -0.15) is 0 Å². The lowest BCUT2D eigenvalue weighted by Crippen LogP contribution is -2.43. The minimum Gasteiger partial charge on any atom is -0.379 e. The van der Waals surface area contributed by atoms with Crippen LogP contribution in [0.2, 0.25) is 0 Å². The number of nitrogens with zero attached hydrogens (tertiary/aromatic N) is 1. The fourth-order valence-electron chi connectivity index (χ4n) is 2.50. The van der Waals surface area contributed by atoms with Gasteiger partial charge in [0.25, 0.3) is 0 Å². The maximum Gasteiger partial charge on any atom is 0.220 e. The maximum atomic E-state index is 12.0. The molecule has 0 saturated carbocycles. The van der Waals surface area contributed by atoms with Crippen LogP contribution in [0.1, 0.15) is 17.7 Å². The lowest BCUT2D eigenvalue weighted by molar-refractivity contribution is -0.122. The average Bonchev–Trinajstić information content (AvgIpc) is 3.11. The van der Waals surface area contributed by atoms with Crippen molar-refractivity contribution in [3.05, 3.63) is 22.4 Å². The molecule has 2 rings (SSSR count). The van der Waals surface area contributed by atoms with Crippen molar-refractivity contribution in [3.63, 3.8) is 0 Å². The second-order valence-electron chi connectivity index (χ2n) is 5.97. The number of hydrogen-bond donors (Lipinski definition) is 1. The summed E-state index contributed by atoms with van der Waals surface area (Å²) in [4.78, 5) is 13.3. The highest BCUT2D eigenvalue weighted by atomic mass is 32.2. The first-order chi connectivity index (χ1) is 10.9.